The molecule has 7 heteroatoms. The Hall–Kier alpha value is -1.89. The summed E-state index contributed by atoms with van der Waals surface area (Å²) in [6.45, 7) is 1.93. The Morgan fingerprint density at radius 3 is 2.79 bits per heavy atom. The van der Waals surface area contributed by atoms with Gasteiger partial charge in [0.25, 0.3) is 0 Å². The van der Waals surface area contributed by atoms with Gasteiger partial charge < -0.3 is 15.3 Å². The van der Waals surface area contributed by atoms with Crippen LogP contribution in [0.5, 0.6) is 0 Å². The Labute approximate surface area is 145 Å². The average molecular weight is 352 g/mol. The van der Waals surface area contributed by atoms with E-state index < -0.39 is 5.97 Å². The second kappa shape index (κ2) is 9.42. The zero-order chi connectivity index (χ0) is 17.4. The van der Waals surface area contributed by atoms with Crippen molar-refractivity contribution >= 4 is 29.1 Å². The van der Waals surface area contributed by atoms with E-state index in [4.69, 9.17) is 5.11 Å². The zero-order valence-electron chi connectivity index (χ0n) is 13.8. The molecule has 0 fully saturated rings. The lowest BCUT2D eigenvalue weighted by atomic mass is 10.1. The molecule has 24 heavy (non-hydrogen) atoms. The van der Waals surface area contributed by atoms with Crippen LogP contribution in [-0.4, -0.2) is 40.9 Å². The van der Waals surface area contributed by atoms with Crippen molar-refractivity contribution in [2.24, 2.45) is 0 Å². The molecule has 0 aliphatic carbocycles. The first-order valence-corrected chi connectivity index (χ1v) is 9.25. The highest BCUT2D eigenvalue weighted by Crippen LogP contribution is 2.24. The van der Waals surface area contributed by atoms with Gasteiger partial charge in [0.1, 0.15) is 0 Å². The van der Waals surface area contributed by atoms with Gasteiger partial charge >= 0.3 is 5.97 Å². The molecule has 0 aromatic carbocycles. The van der Waals surface area contributed by atoms with Gasteiger partial charge in [-0.05, 0) is 36.3 Å². The first kappa shape index (κ1) is 18.4. The van der Waals surface area contributed by atoms with Crippen LogP contribution in [0.2, 0.25) is 0 Å². The normalized spacial score (nSPS) is 13.4. The third-order valence-electron chi connectivity index (χ3n) is 4.12. The maximum atomic E-state index is 12.2. The van der Waals surface area contributed by atoms with Crippen LogP contribution in [0.4, 0.5) is 0 Å². The molecule has 0 saturated heterocycles. The van der Waals surface area contributed by atoms with E-state index >= 15 is 0 Å². The summed E-state index contributed by atoms with van der Waals surface area (Å²) in [5.41, 5.74) is 1.23. The first-order valence-electron chi connectivity index (χ1n) is 8.38. The molecule has 0 atom stereocenters. The third-order valence-corrected chi connectivity index (χ3v) is 5.14. The van der Waals surface area contributed by atoms with Gasteiger partial charge in [-0.3, -0.25) is 14.4 Å². The van der Waals surface area contributed by atoms with Crippen molar-refractivity contribution in [1.82, 2.24) is 10.2 Å². The smallest absolute Gasteiger partial charge is 0.303 e. The minimum Gasteiger partial charge on any atom is -0.481 e. The van der Waals surface area contributed by atoms with E-state index in [2.05, 4.69) is 16.8 Å². The van der Waals surface area contributed by atoms with E-state index in [0.29, 0.717) is 19.5 Å². The fraction of sp³-hybridized carbons (Fsp3) is 0.588. The Balaban J connectivity index is 1.57. The minimum absolute atomic E-state index is 0.0310. The van der Waals surface area contributed by atoms with Gasteiger partial charge in [-0.1, -0.05) is 6.42 Å². The number of carbonyl (C=O) groups is 3. The summed E-state index contributed by atoms with van der Waals surface area (Å²) in [7, 11) is 0. The van der Waals surface area contributed by atoms with Gasteiger partial charge in [0.2, 0.25) is 11.8 Å². The second-order valence-corrected chi connectivity index (χ2v) is 6.99. The fourth-order valence-corrected chi connectivity index (χ4v) is 3.62. The number of unbranched alkanes of at least 4 members (excludes halogenated alkanes) is 2. The highest BCUT2D eigenvalue weighted by Gasteiger charge is 2.21. The molecular formula is C17H24N2O4S. The Morgan fingerprint density at radius 1 is 1.17 bits per heavy atom. The molecular weight excluding hydrogens is 328 g/mol. The summed E-state index contributed by atoms with van der Waals surface area (Å²) in [6.07, 6.45) is 3.70. The van der Waals surface area contributed by atoms with E-state index in [1.165, 1.54) is 10.4 Å². The number of aliphatic carboxylic acids is 1. The number of amides is 2. The first-order chi connectivity index (χ1) is 11.6. The van der Waals surface area contributed by atoms with E-state index in [9.17, 15) is 14.4 Å². The third kappa shape index (κ3) is 5.96. The maximum absolute atomic E-state index is 12.2. The average Bonchev–Trinajstić information content (AvgIpc) is 3.03. The summed E-state index contributed by atoms with van der Waals surface area (Å²) in [5.74, 6) is -0.872. The van der Waals surface area contributed by atoms with E-state index in [0.717, 1.165) is 25.8 Å². The predicted molar refractivity (Wildman–Crippen MR) is 91.8 cm³/mol. The molecule has 0 unspecified atom stereocenters. The van der Waals surface area contributed by atoms with Crippen LogP contribution in [0.15, 0.2) is 11.4 Å². The standard InChI is InChI=1S/C17H24N2O4S/c20-15(18-9-3-1-2-4-17(22)23)5-6-16(21)19-10-7-14-13(12-19)8-11-24-14/h8,11H,1-7,9-10,12H2,(H,18,20)(H,22,23). The molecule has 6 nitrogen and oxygen atoms in total. The lowest BCUT2D eigenvalue weighted by molar-refractivity contribution is -0.137. The van der Waals surface area contributed by atoms with Crippen molar-refractivity contribution in [1.29, 1.82) is 0 Å². The van der Waals surface area contributed by atoms with Crippen LogP contribution in [0.1, 0.15) is 49.0 Å². The quantitative estimate of drug-likeness (QED) is 0.667. The number of fused-ring (bicyclic) bond motifs is 1. The molecule has 0 spiro atoms. The van der Waals surface area contributed by atoms with Gasteiger partial charge in [0.05, 0.1) is 0 Å². The Bertz CT molecular complexity index is 585. The second-order valence-electron chi connectivity index (χ2n) is 5.99. The van der Waals surface area contributed by atoms with Crippen LogP contribution in [-0.2, 0) is 27.3 Å². The molecule has 0 bridgehead atoms. The van der Waals surface area contributed by atoms with E-state index in [1.807, 2.05) is 4.90 Å². The molecule has 2 rings (SSSR count). The molecule has 2 heterocycles. The van der Waals surface area contributed by atoms with Crippen LogP contribution in [0, 0.1) is 0 Å². The number of hydrogen-bond acceptors (Lipinski definition) is 4. The summed E-state index contributed by atoms with van der Waals surface area (Å²) in [5, 5.41) is 13.4. The summed E-state index contributed by atoms with van der Waals surface area (Å²) in [4.78, 5) is 37.5. The van der Waals surface area contributed by atoms with Gasteiger partial charge in [0, 0.05) is 43.8 Å². The van der Waals surface area contributed by atoms with Crippen molar-refractivity contribution in [2.75, 3.05) is 13.1 Å². The SMILES string of the molecule is O=C(O)CCCCCNC(=O)CCC(=O)N1CCc2sccc2C1. The number of carbonyl (C=O) groups excluding carboxylic acids is 2. The van der Waals surface area contributed by atoms with Crippen molar-refractivity contribution in [2.45, 2.75) is 51.5 Å². The largest absolute Gasteiger partial charge is 0.481 e. The van der Waals surface area contributed by atoms with Crippen LogP contribution < -0.4 is 5.32 Å². The summed E-state index contributed by atoms with van der Waals surface area (Å²) >= 11 is 1.74. The number of nitrogens with one attached hydrogen (secondary N) is 1. The molecule has 1 aliphatic heterocycles. The summed E-state index contributed by atoms with van der Waals surface area (Å²) in [6, 6.07) is 2.07. The number of rotatable bonds is 9. The van der Waals surface area contributed by atoms with Gasteiger partial charge in [-0.2, -0.15) is 0 Å². The fourth-order valence-electron chi connectivity index (χ4n) is 2.73. The molecule has 1 aliphatic rings. The molecule has 132 valence electrons. The van der Waals surface area contributed by atoms with E-state index in [1.54, 1.807) is 11.3 Å². The molecule has 0 radical (unpaired) electrons. The summed E-state index contributed by atoms with van der Waals surface area (Å²) < 4.78 is 0. The van der Waals surface area contributed by atoms with Gasteiger partial charge in [0.15, 0.2) is 0 Å². The number of thiophene rings is 1. The van der Waals surface area contributed by atoms with Gasteiger partial charge in [-0.25, -0.2) is 0 Å². The van der Waals surface area contributed by atoms with Crippen LogP contribution >= 0.6 is 11.3 Å². The maximum Gasteiger partial charge on any atom is 0.303 e. The lowest BCUT2D eigenvalue weighted by Gasteiger charge is -2.27. The van der Waals surface area contributed by atoms with Crippen molar-refractivity contribution in [3.05, 3.63) is 21.9 Å². The molecule has 1 aromatic heterocycles. The number of nitrogens with zero attached hydrogens (tertiary/aromatic N) is 1. The minimum atomic E-state index is -0.787. The molecule has 2 amide bonds. The van der Waals surface area contributed by atoms with E-state index in [-0.39, 0.29) is 31.1 Å². The van der Waals surface area contributed by atoms with Crippen molar-refractivity contribution < 1.29 is 19.5 Å². The number of carboxylic acids is 1. The highest BCUT2D eigenvalue weighted by atomic mass is 32.1. The van der Waals surface area contributed by atoms with Crippen LogP contribution in [0.3, 0.4) is 0 Å². The monoisotopic (exact) mass is 352 g/mol. The van der Waals surface area contributed by atoms with Crippen molar-refractivity contribution in [3.8, 4) is 0 Å². The Kier molecular flexibility index (Phi) is 7.24. The number of carboxylic acid groups (broad SMARTS) is 1. The molecule has 1 aromatic rings. The topological polar surface area (TPSA) is 86.7 Å². The molecule has 2 N–H and O–H groups in total. The predicted octanol–water partition coefficient (Wildman–Crippen LogP) is 2.17. The lowest BCUT2D eigenvalue weighted by Crippen LogP contribution is -2.36. The Morgan fingerprint density at radius 2 is 2.00 bits per heavy atom. The zero-order valence-corrected chi connectivity index (χ0v) is 14.6. The highest BCUT2D eigenvalue weighted by molar-refractivity contribution is 7.10. The van der Waals surface area contributed by atoms with Crippen molar-refractivity contribution in [3.63, 3.8) is 0 Å². The van der Waals surface area contributed by atoms with Crippen LogP contribution in [0.25, 0.3) is 0 Å². The van der Waals surface area contributed by atoms with Gasteiger partial charge in [-0.15, -0.1) is 11.3 Å². The number of hydrogen-bond donors (Lipinski definition) is 2. The molecule has 0 saturated carbocycles.